The summed E-state index contributed by atoms with van der Waals surface area (Å²) in [5, 5.41) is 0. The smallest absolute Gasteiger partial charge is 0.256 e. The molecule has 5 heteroatoms. The summed E-state index contributed by atoms with van der Waals surface area (Å²) in [5.74, 6) is -0.158. The highest BCUT2D eigenvalue weighted by Gasteiger charge is 2.18. The lowest BCUT2D eigenvalue weighted by molar-refractivity contribution is 0.0758. The Kier molecular flexibility index (Phi) is 6.64. The van der Waals surface area contributed by atoms with Crippen LogP contribution >= 0.6 is 11.6 Å². The molecule has 1 rings (SSSR count). The van der Waals surface area contributed by atoms with E-state index in [0.717, 1.165) is 12.8 Å². The molecule has 0 saturated heterocycles. The van der Waals surface area contributed by atoms with Gasteiger partial charge in [-0.05, 0) is 18.6 Å². The maximum Gasteiger partial charge on any atom is 0.256 e. The number of benzene rings is 1. The van der Waals surface area contributed by atoms with Crippen LogP contribution in [-0.4, -0.2) is 36.9 Å². The standard InChI is InChI=1S/C14H19ClFNO2/c1-3-4-8-17(9-7-15)14(18)12-6-5-11(19-2)10-13(12)16/h5-6,10H,3-4,7-9H2,1-2H3. The monoisotopic (exact) mass is 287 g/mol. The minimum atomic E-state index is -0.569. The molecule has 1 aromatic rings. The van der Waals surface area contributed by atoms with Crippen LogP contribution in [0.5, 0.6) is 5.75 Å². The summed E-state index contributed by atoms with van der Waals surface area (Å²) >= 11 is 5.69. The normalized spacial score (nSPS) is 10.3. The van der Waals surface area contributed by atoms with Gasteiger partial charge in [0.25, 0.3) is 5.91 Å². The van der Waals surface area contributed by atoms with Crippen molar-refractivity contribution in [3.63, 3.8) is 0 Å². The summed E-state index contributed by atoms with van der Waals surface area (Å²) in [5.41, 5.74) is 0.0574. The second-order valence-electron chi connectivity index (χ2n) is 4.18. The van der Waals surface area contributed by atoms with Crippen molar-refractivity contribution in [3.8, 4) is 5.75 Å². The molecule has 0 aromatic heterocycles. The number of halogens is 2. The fraction of sp³-hybridized carbons (Fsp3) is 0.500. The first kappa shape index (κ1) is 15.8. The lowest BCUT2D eigenvalue weighted by atomic mass is 10.1. The molecular weight excluding hydrogens is 269 g/mol. The van der Waals surface area contributed by atoms with E-state index in [1.165, 1.54) is 19.2 Å². The number of ether oxygens (including phenoxy) is 1. The molecule has 0 unspecified atom stereocenters. The Morgan fingerprint density at radius 1 is 1.42 bits per heavy atom. The number of unbranched alkanes of at least 4 members (excludes halogenated alkanes) is 1. The molecule has 0 N–H and O–H groups in total. The molecule has 0 fully saturated rings. The highest BCUT2D eigenvalue weighted by atomic mass is 35.5. The first-order valence-electron chi connectivity index (χ1n) is 6.32. The molecule has 3 nitrogen and oxygen atoms in total. The Bertz CT molecular complexity index is 426. The van der Waals surface area contributed by atoms with Gasteiger partial charge in [-0.15, -0.1) is 11.6 Å². The van der Waals surface area contributed by atoms with Crippen LogP contribution in [0.2, 0.25) is 0 Å². The summed E-state index contributed by atoms with van der Waals surface area (Å²) in [6, 6.07) is 4.24. The average molecular weight is 288 g/mol. The number of rotatable bonds is 7. The maximum absolute atomic E-state index is 13.8. The van der Waals surface area contributed by atoms with Gasteiger partial charge in [0.05, 0.1) is 12.7 Å². The molecule has 0 radical (unpaired) electrons. The van der Waals surface area contributed by atoms with E-state index in [0.29, 0.717) is 24.7 Å². The number of hydrogen-bond donors (Lipinski definition) is 0. The third-order valence-corrected chi connectivity index (χ3v) is 3.00. The fourth-order valence-corrected chi connectivity index (χ4v) is 1.94. The van der Waals surface area contributed by atoms with Crippen LogP contribution in [0.3, 0.4) is 0 Å². The van der Waals surface area contributed by atoms with E-state index in [2.05, 4.69) is 0 Å². The van der Waals surface area contributed by atoms with E-state index in [4.69, 9.17) is 16.3 Å². The van der Waals surface area contributed by atoms with Gasteiger partial charge in [-0.25, -0.2) is 4.39 Å². The van der Waals surface area contributed by atoms with E-state index in [1.807, 2.05) is 6.92 Å². The number of carbonyl (C=O) groups is 1. The molecule has 1 aromatic carbocycles. The Morgan fingerprint density at radius 2 is 2.16 bits per heavy atom. The van der Waals surface area contributed by atoms with Crippen LogP contribution in [0.25, 0.3) is 0 Å². The number of nitrogens with zero attached hydrogens (tertiary/aromatic N) is 1. The lowest BCUT2D eigenvalue weighted by Gasteiger charge is -2.21. The minimum Gasteiger partial charge on any atom is -0.497 e. The predicted octanol–water partition coefficient (Wildman–Crippen LogP) is 3.32. The molecule has 19 heavy (non-hydrogen) atoms. The van der Waals surface area contributed by atoms with Gasteiger partial charge in [0.1, 0.15) is 11.6 Å². The molecule has 1 amide bonds. The van der Waals surface area contributed by atoms with Gasteiger partial charge >= 0.3 is 0 Å². The van der Waals surface area contributed by atoms with Crippen LogP contribution in [0, 0.1) is 5.82 Å². The Balaban J connectivity index is 2.89. The van der Waals surface area contributed by atoms with Crippen LogP contribution < -0.4 is 4.74 Å². The molecule has 106 valence electrons. The predicted molar refractivity (Wildman–Crippen MR) is 74.5 cm³/mol. The summed E-state index contributed by atoms with van der Waals surface area (Å²) in [7, 11) is 1.46. The number of alkyl halides is 1. The minimum absolute atomic E-state index is 0.0574. The van der Waals surface area contributed by atoms with Crippen LogP contribution in [-0.2, 0) is 0 Å². The van der Waals surface area contributed by atoms with Crippen molar-refractivity contribution in [2.24, 2.45) is 0 Å². The van der Waals surface area contributed by atoms with E-state index < -0.39 is 5.82 Å². The van der Waals surface area contributed by atoms with Gasteiger partial charge in [-0.1, -0.05) is 13.3 Å². The van der Waals surface area contributed by atoms with Crippen molar-refractivity contribution in [3.05, 3.63) is 29.6 Å². The zero-order chi connectivity index (χ0) is 14.3. The number of methoxy groups -OCH3 is 1. The molecule has 0 atom stereocenters. The van der Waals surface area contributed by atoms with Gasteiger partial charge in [-0.2, -0.15) is 0 Å². The molecule has 0 aliphatic carbocycles. The van der Waals surface area contributed by atoms with Crippen LogP contribution in [0.15, 0.2) is 18.2 Å². The van der Waals surface area contributed by atoms with Crippen LogP contribution in [0.1, 0.15) is 30.1 Å². The second kappa shape index (κ2) is 8.00. The van der Waals surface area contributed by atoms with Crippen molar-refractivity contribution in [1.82, 2.24) is 4.90 Å². The Labute approximate surface area is 118 Å². The molecule has 0 bridgehead atoms. The van der Waals surface area contributed by atoms with Gasteiger partial charge in [-0.3, -0.25) is 4.79 Å². The first-order chi connectivity index (χ1) is 9.13. The molecule has 0 aliphatic heterocycles. The summed E-state index contributed by atoms with van der Waals surface area (Å²) in [6.45, 7) is 3.05. The van der Waals surface area contributed by atoms with Crippen molar-refractivity contribution in [2.45, 2.75) is 19.8 Å². The van der Waals surface area contributed by atoms with E-state index >= 15 is 0 Å². The number of amides is 1. The van der Waals surface area contributed by atoms with Crippen molar-refractivity contribution >= 4 is 17.5 Å². The first-order valence-corrected chi connectivity index (χ1v) is 6.86. The molecule has 0 heterocycles. The zero-order valence-corrected chi connectivity index (χ0v) is 12.0. The Morgan fingerprint density at radius 3 is 2.68 bits per heavy atom. The van der Waals surface area contributed by atoms with Gasteiger partial charge in [0, 0.05) is 25.0 Å². The van der Waals surface area contributed by atoms with Gasteiger partial charge in [0.2, 0.25) is 0 Å². The van der Waals surface area contributed by atoms with E-state index in [-0.39, 0.29) is 11.5 Å². The highest BCUT2D eigenvalue weighted by Crippen LogP contribution is 2.18. The summed E-state index contributed by atoms with van der Waals surface area (Å²) < 4.78 is 18.8. The second-order valence-corrected chi connectivity index (χ2v) is 4.56. The van der Waals surface area contributed by atoms with E-state index in [1.54, 1.807) is 11.0 Å². The van der Waals surface area contributed by atoms with Crippen molar-refractivity contribution < 1.29 is 13.9 Å². The van der Waals surface area contributed by atoms with Gasteiger partial charge in [0.15, 0.2) is 0 Å². The number of carbonyl (C=O) groups excluding carboxylic acids is 1. The topological polar surface area (TPSA) is 29.5 Å². The maximum atomic E-state index is 13.8. The van der Waals surface area contributed by atoms with E-state index in [9.17, 15) is 9.18 Å². The number of hydrogen-bond acceptors (Lipinski definition) is 2. The molecule has 0 spiro atoms. The summed E-state index contributed by atoms with van der Waals surface area (Å²) in [6.07, 6.45) is 1.84. The quantitative estimate of drug-likeness (QED) is 0.720. The third-order valence-electron chi connectivity index (χ3n) is 2.83. The largest absolute Gasteiger partial charge is 0.497 e. The zero-order valence-electron chi connectivity index (χ0n) is 11.3. The van der Waals surface area contributed by atoms with Crippen LogP contribution in [0.4, 0.5) is 4.39 Å². The Hall–Kier alpha value is -1.29. The molecule has 0 aliphatic rings. The SMILES string of the molecule is CCCCN(CCCl)C(=O)c1ccc(OC)cc1F. The molecular formula is C14H19ClFNO2. The molecule has 0 saturated carbocycles. The van der Waals surface area contributed by atoms with Crippen molar-refractivity contribution in [1.29, 1.82) is 0 Å². The van der Waals surface area contributed by atoms with Crippen molar-refractivity contribution in [2.75, 3.05) is 26.1 Å². The van der Waals surface area contributed by atoms with Gasteiger partial charge < -0.3 is 9.64 Å². The third kappa shape index (κ3) is 4.39. The summed E-state index contributed by atoms with van der Waals surface area (Å²) in [4.78, 5) is 13.8. The fourth-order valence-electron chi connectivity index (χ4n) is 1.73. The highest BCUT2D eigenvalue weighted by molar-refractivity contribution is 6.18. The lowest BCUT2D eigenvalue weighted by Crippen LogP contribution is -2.34. The average Bonchev–Trinajstić information content (AvgIpc) is 2.42.